The molecule has 1 aliphatic rings. The summed E-state index contributed by atoms with van der Waals surface area (Å²) in [4.78, 5) is 23.2. The van der Waals surface area contributed by atoms with Gasteiger partial charge in [0.15, 0.2) is 0 Å². The lowest BCUT2D eigenvalue weighted by atomic mass is 10.1. The molecule has 154 valence electrons. The van der Waals surface area contributed by atoms with Crippen molar-refractivity contribution in [1.82, 2.24) is 9.62 Å². The van der Waals surface area contributed by atoms with Crippen molar-refractivity contribution in [3.8, 4) is 0 Å². The molecule has 0 aromatic heterocycles. The first-order chi connectivity index (χ1) is 13.8. The Morgan fingerprint density at radius 2 is 1.76 bits per heavy atom. The lowest BCUT2D eigenvalue weighted by Crippen LogP contribution is -2.35. The average molecular weight is 417 g/mol. The van der Waals surface area contributed by atoms with Crippen molar-refractivity contribution in [2.45, 2.75) is 37.6 Å². The van der Waals surface area contributed by atoms with E-state index in [9.17, 15) is 23.3 Å². The predicted octanol–water partition coefficient (Wildman–Crippen LogP) is 3.01. The third kappa shape index (κ3) is 4.63. The molecular weight excluding hydrogens is 394 g/mol. The number of nitrogens with one attached hydrogen (secondary N) is 1. The van der Waals surface area contributed by atoms with Gasteiger partial charge >= 0.3 is 0 Å². The van der Waals surface area contributed by atoms with Crippen LogP contribution in [0, 0.1) is 17.0 Å². The first-order valence-electron chi connectivity index (χ1n) is 9.42. The Morgan fingerprint density at radius 1 is 1.10 bits per heavy atom. The summed E-state index contributed by atoms with van der Waals surface area (Å²) < 4.78 is 26.9. The number of nitro benzene ring substituents is 1. The van der Waals surface area contributed by atoms with Gasteiger partial charge in [0.1, 0.15) is 0 Å². The first-order valence-corrected chi connectivity index (χ1v) is 10.9. The Bertz CT molecular complexity index is 1010. The minimum absolute atomic E-state index is 0.107. The minimum atomic E-state index is -3.49. The van der Waals surface area contributed by atoms with Gasteiger partial charge < -0.3 is 5.32 Å². The number of carbonyl (C=O) groups excluding carboxylic acids is 1. The molecule has 0 aliphatic carbocycles. The molecule has 29 heavy (non-hydrogen) atoms. The van der Waals surface area contributed by atoms with Gasteiger partial charge in [0.25, 0.3) is 11.6 Å². The van der Waals surface area contributed by atoms with Gasteiger partial charge in [0.05, 0.1) is 9.82 Å². The quantitative estimate of drug-likeness (QED) is 0.574. The topological polar surface area (TPSA) is 110 Å². The fourth-order valence-electron chi connectivity index (χ4n) is 3.38. The Balaban J connectivity index is 1.67. The molecule has 0 unspecified atom stereocenters. The zero-order valence-electron chi connectivity index (χ0n) is 16.1. The summed E-state index contributed by atoms with van der Waals surface area (Å²) in [5.41, 5.74) is 1.17. The number of nitrogens with zero attached hydrogens (tertiary/aromatic N) is 2. The number of sulfonamides is 1. The van der Waals surface area contributed by atoms with Crippen LogP contribution < -0.4 is 5.32 Å². The van der Waals surface area contributed by atoms with E-state index >= 15 is 0 Å². The van der Waals surface area contributed by atoms with Crippen LogP contribution in [0.2, 0.25) is 0 Å². The van der Waals surface area contributed by atoms with Crippen molar-refractivity contribution in [3.05, 3.63) is 69.3 Å². The van der Waals surface area contributed by atoms with Gasteiger partial charge in [-0.25, -0.2) is 8.42 Å². The molecule has 2 aromatic carbocycles. The number of nitro groups is 1. The number of piperidine rings is 1. The highest BCUT2D eigenvalue weighted by Crippen LogP contribution is 2.22. The molecule has 0 atom stereocenters. The molecular formula is C20H23N3O5S. The molecule has 1 fully saturated rings. The molecule has 9 heteroatoms. The smallest absolute Gasteiger partial charge is 0.273 e. The molecule has 3 rings (SSSR count). The van der Waals surface area contributed by atoms with E-state index in [4.69, 9.17) is 0 Å². The van der Waals surface area contributed by atoms with Gasteiger partial charge in [-0.1, -0.05) is 24.6 Å². The highest BCUT2D eigenvalue weighted by molar-refractivity contribution is 7.89. The maximum absolute atomic E-state index is 12.7. The molecule has 1 N–H and O–H groups in total. The summed E-state index contributed by atoms with van der Waals surface area (Å²) in [5, 5.41) is 13.7. The van der Waals surface area contributed by atoms with Gasteiger partial charge in [-0.05, 0) is 43.5 Å². The average Bonchev–Trinajstić information content (AvgIpc) is 2.73. The molecule has 0 radical (unpaired) electrons. The Morgan fingerprint density at radius 3 is 2.38 bits per heavy atom. The van der Waals surface area contributed by atoms with E-state index in [0.717, 1.165) is 24.8 Å². The van der Waals surface area contributed by atoms with Crippen LogP contribution >= 0.6 is 0 Å². The van der Waals surface area contributed by atoms with Crippen LogP contribution in [-0.2, 0) is 16.6 Å². The zero-order chi connectivity index (χ0) is 21.0. The zero-order valence-corrected chi connectivity index (χ0v) is 16.9. The van der Waals surface area contributed by atoms with Crippen molar-refractivity contribution in [2.24, 2.45) is 0 Å². The van der Waals surface area contributed by atoms with Crippen LogP contribution in [0.15, 0.2) is 47.4 Å². The molecule has 1 saturated heterocycles. The van der Waals surface area contributed by atoms with Gasteiger partial charge in [0.2, 0.25) is 10.0 Å². The van der Waals surface area contributed by atoms with Gasteiger partial charge in [-0.3, -0.25) is 14.9 Å². The molecule has 1 amide bonds. The number of amides is 1. The second kappa shape index (κ2) is 8.71. The van der Waals surface area contributed by atoms with E-state index in [1.165, 1.54) is 29.4 Å². The van der Waals surface area contributed by atoms with Crippen LogP contribution in [0.5, 0.6) is 0 Å². The van der Waals surface area contributed by atoms with E-state index in [-0.39, 0.29) is 22.7 Å². The molecule has 1 aliphatic heterocycles. The molecule has 0 spiro atoms. The summed E-state index contributed by atoms with van der Waals surface area (Å²) in [6.45, 7) is 2.81. The van der Waals surface area contributed by atoms with Crippen molar-refractivity contribution < 1.29 is 18.1 Å². The molecule has 0 saturated carbocycles. The summed E-state index contributed by atoms with van der Waals surface area (Å²) in [5.74, 6) is -0.420. The van der Waals surface area contributed by atoms with Crippen LogP contribution in [0.4, 0.5) is 5.69 Å². The van der Waals surface area contributed by atoms with Crippen molar-refractivity contribution in [2.75, 3.05) is 13.1 Å². The predicted molar refractivity (Wildman–Crippen MR) is 108 cm³/mol. The SMILES string of the molecule is Cc1c(C(=O)NCc2ccc(S(=O)(=O)N3CCCCC3)cc2)cccc1[N+](=O)[O-]. The fraction of sp³-hybridized carbons (Fsp3) is 0.350. The van der Waals surface area contributed by atoms with E-state index in [0.29, 0.717) is 18.7 Å². The maximum Gasteiger partial charge on any atom is 0.273 e. The number of benzene rings is 2. The lowest BCUT2D eigenvalue weighted by molar-refractivity contribution is -0.385. The number of carbonyl (C=O) groups is 1. The van der Waals surface area contributed by atoms with Gasteiger partial charge in [-0.15, -0.1) is 0 Å². The number of hydrogen-bond acceptors (Lipinski definition) is 5. The Labute approximate surface area is 169 Å². The van der Waals surface area contributed by atoms with E-state index in [1.807, 2.05) is 0 Å². The second-order valence-electron chi connectivity index (χ2n) is 7.00. The van der Waals surface area contributed by atoms with Crippen molar-refractivity contribution in [3.63, 3.8) is 0 Å². The monoisotopic (exact) mass is 417 g/mol. The molecule has 0 bridgehead atoms. The number of hydrogen-bond donors (Lipinski definition) is 1. The summed E-state index contributed by atoms with van der Waals surface area (Å²) >= 11 is 0. The molecule has 1 heterocycles. The van der Waals surface area contributed by atoms with Crippen LogP contribution in [0.3, 0.4) is 0 Å². The van der Waals surface area contributed by atoms with E-state index in [2.05, 4.69) is 5.32 Å². The van der Waals surface area contributed by atoms with E-state index in [1.54, 1.807) is 24.3 Å². The summed E-state index contributed by atoms with van der Waals surface area (Å²) in [7, 11) is -3.49. The van der Waals surface area contributed by atoms with Crippen molar-refractivity contribution in [1.29, 1.82) is 0 Å². The number of rotatable bonds is 6. The van der Waals surface area contributed by atoms with E-state index < -0.39 is 20.9 Å². The first kappa shape index (κ1) is 20.9. The van der Waals surface area contributed by atoms with Crippen LogP contribution in [0.25, 0.3) is 0 Å². The minimum Gasteiger partial charge on any atom is -0.348 e. The molecule has 2 aromatic rings. The second-order valence-corrected chi connectivity index (χ2v) is 8.94. The lowest BCUT2D eigenvalue weighted by Gasteiger charge is -2.25. The maximum atomic E-state index is 12.7. The van der Waals surface area contributed by atoms with Gasteiger partial charge in [0, 0.05) is 36.8 Å². The fourth-order valence-corrected chi connectivity index (χ4v) is 4.90. The summed E-state index contributed by atoms with van der Waals surface area (Å²) in [6.07, 6.45) is 2.80. The van der Waals surface area contributed by atoms with Crippen LogP contribution in [0.1, 0.15) is 40.7 Å². The Kier molecular flexibility index (Phi) is 6.29. The summed E-state index contributed by atoms with van der Waals surface area (Å²) in [6, 6.07) is 10.8. The normalized spacial score (nSPS) is 15.1. The van der Waals surface area contributed by atoms with Crippen molar-refractivity contribution >= 4 is 21.6 Å². The van der Waals surface area contributed by atoms with Gasteiger partial charge in [-0.2, -0.15) is 4.31 Å². The highest BCUT2D eigenvalue weighted by Gasteiger charge is 2.25. The molecule has 8 nitrogen and oxygen atoms in total. The Hall–Kier alpha value is -2.78. The highest BCUT2D eigenvalue weighted by atomic mass is 32.2. The largest absolute Gasteiger partial charge is 0.348 e. The van der Waals surface area contributed by atoms with Crippen LogP contribution in [-0.4, -0.2) is 36.6 Å². The third-order valence-electron chi connectivity index (χ3n) is 5.08. The third-order valence-corrected chi connectivity index (χ3v) is 6.99. The standard InChI is InChI=1S/C20H23N3O5S/c1-15-18(6-5-7-19(15)23(25)26)20(24)21-14-16-8-10-17(11-9-16)29(27,28)22-12-3-2-4-13-22/h5-11H,2-4,12-14H2,1H3,(H,21,24).